The first-order valence-electron chi connectivity index (χ1n) is 9.53. The lowest BCUT2D eigenvalue weighted by Gasteiger charge is -2.24. The average molecular weight is 370 g/mol. The van der Waals surface area contributed by atoms with E-state index in [2.05, 4.69) is 50.4 Å². The number of thioether (sulfide) groups is 1. The Hall–Kier alpha value is -1.74. The van der Waals surface area contributed by atoms with Crippen LogP contribution in [0.4, 0.5) is 5.69 Å². The second-order valence-electron chi connectivity index (χ2n) is 7.57. The van der Waals surface area contributed by atoms with Gasteiger partial charge >= 0.3 is 0 Å². The van der Waals surface area contributed by atoms with Crippen LogP contribution in [0.1, 0.15) is 52.5 Å². The van der Waals surface area contributed by atoms with E-state index in [0.29, 0.717) is 0 Å². The van der Waals surface area contributed by atoms with Gasteiger partial charge in [0, 0.05) is 21.2 Å². The second kappa shape index (κ2) is 9.82. The first kappa shape index (κ1) is 20.6. The van der Waals surface area contributed by atoms with Gasteiger partial charge in [-0.25, -0.2) is 0 Å². The number of amides is 1. The van der Waals surface area contributed by atoms with Crippen LogP contribution in [-0.2, 0) is 11.2 Å². The van der Waals surface area contributed by atoms with E-state index in [4.69, 9.17) is 0 Å². The van der Waals surface area contributed by atoms with Crippen molar-refractivity contribution in [3.05, 3.63) is 60.2 Å². The molecule has 1 N–H and O–H groups in total. The molecule has 2 aromatic carbocycles. The lowest BCUT2D eigenvalue weighted by atomic mass is 10.0. The second-order valence-corrected chi connectivity index (χ2v) is 9.35. The summed E-state index contributed by atoms with van der Waals surface area (Å²) >= 11 is 1.91. The van der Waals surface area contributed by atoms with Gasteiger partial charge in [-0.1, -0.05) is 70.9 Å². The fraction of sp³-hybridized carbons (Fsp3) is 0.435. The van der Waals surface area contributed by atoms with Crippen molar-refractivity contribution in [2.75, 3.05) is 5.32 Å². The van der Waals surface area contributed by atoms with Crippen LogP contribution in [0.2, 0.25) is 0 Å². The van der Waals surface area contributed by atoms with Gasteiger partial charge in [0.1, 0.15) is 0 Å². The van der Waals surface area contributed by atoms with Crippen molar-refractivity contribution in [2.45, 2.75) is 63.0 Å². The molecule has 140 valence electrons. The third kappa shape index (κ3) is 6.87. The van der Waals surface area contributed by atoms with Crippen molar-refractivity contribution in [2.24, 2.45) is 5.92 Å². The molecule has 2 aromatic rings. The van der Waals surface area contributed by atoms with Gasteiger partial charge in [0.25, 0.3) is 0 Å². The SMILES string of the molecule is CCCCC(C)(C)Sc1ccc(NC(=O)[C@H](C)Cc2ccccc2)cc1. The maximum Gasteiger partial charge on any atom is 0.227 e. The number of hydrogen-bond acceptors (Lipinski definition) is 2. The summed E-state index contributed by atoms with van der Waals surface area (Å²) in [5.74, 6) is 0.0111. The number of benzene rings is 2. The molecule has 0 saturated heterocycles. The first-order valence-corrected chi connectivity index (χ1v) is 10.3. The molecule has 3 heteroatoms. The van der Waals surface area contributed by atoms with E-state index in [-0.39, 0.29) is 16.6 Å². The van der Waals surface area contributed by atoms with Crippen molar-refractivity contribution in [3.63, 3.8) is 0 Å². The van der Waals surface area contributed by atoms with E-state index in [1.54, 1.807) is 0 Å². The highest BCUT2D eigenvalue weighted by molar-refractivity contribution is 8.00. The minimum absolute atomic E-state index is 0.0561. The van der Waals surface area contributed by atoms with E-state index >= 15 is 0 Å². The smallest absolute Gasteiger partial charge is 0.227 e. The van der Waals surface area contributed by atoms with Crippen LogP contribution >= 0.6 is 11.8 Å². The highest BCUT2D eigenvalue weighted by atomic mass is 32.2. The van der Waals surface area contributed by atoms with Crippen molar-refractivity contribution < 1.29 is 4.79 Å². The van der Waals surface area contributed by atoms with E-state index in [1.165, 1.54) is 29.7 Å². The van der Waals surface area contributed by atoms with Gasteiger partial charge in [-0.05, 0) is 42.7 Å². The number of hydrogen-bond donors (Lipinski definition) is 1. The molecule has 0 aliphatic heterocycles. The Morgan fingerprint density at radius 3 is 2.35 bits per heavy atom. The minimum atomic E-state index is -0.0561. The van der Waals surface area contributed by atoms with Gasteiger partial charge in [-0.15, -0.1) is 11.8 Å². The molecule has 0 aliphatic rings. The summed E-state index contributed by atoms with van der Waals surface area (Å²) in [5, 5.41) is 3.04. The molecule has 0 fully saturated rings. The van der Waals surface area contributed by atoms with Crippen LogP contribution in [0.25, 0.3) is 0 Å². The first-order chi connectivity index (χ1) is 12.4. The molecule has 0 heterocycles. The van der Waals surface area contributed by atoms with Gasteiger partial charge in [0.2, 0.25) is 5.91 Å². The molecule has 0 aliphatic carbocycles. The Balaban J connectivity index is 1.89. The number of carbonyl (C=O) groups is 1. The third-order valence-corrected chi connectivity index (χ3v) is 5.75. The number of unbranched alkanes of at least 4 members (excludes halogenated alkanes) is 1. The summed E-state index contributed by atoms with van der Waals surface area (Å²) in [6.07, 6.45) is 4.46. The summed E-state index contributed by atoms with van der Waals surface area (Å²) < 4.78 is 0.241. The van der Waals surface area contributed by atoms with Crippen LogP contribution in [0.15, 0.2) is 59.5 Å². The molecule has 0 saturated carbocycles. The minimum Gasteiger partial charge on any atom is -0.326 e. The summed E-state index contributed by atoms with van der Waals surface area (Å²) in [7, 11) is 0. The fourth-order valence-corrected chi connectivity index (χ4v) is 4.06. The maximum absolute atomic E-state index is 12.4. The molecule has 0 spiro atoms. The summed E-state index contributed by atoms with van der Waals surface area (Å²) in [6.45, 7) is 8.81. The van der Waals surface area contributed by atoms with Gasteiger partial charge in [0.05, 0.1) is 0 Å². The molecule has 2 nitrogen and oxygen atoms in total. The quantitative estimate of drug-likeness (QED) is 0.507. The number of carbonyl (C=O) groups excluding carboxylic acids is 1. The zero-order valence-electron chi connectivity index (χ0n) is 16.4. The van der Waals surface area contributed by atoms with Crippen LogP contribution in [-0.4, -0.2) is 10.7 Å². The van der Waals surface area contributed by atoms with E-state index in [0.717, 1.165) is 12.1 Å². The Bertz CT molecular complexity index is 679. The van der Waals surface area contributed by atoms with Crippen molar-refractivity contribution in [1.82, 2.24) is 0 Å². The van der Waals surface area contributed by atoms with Crippen LogP contribution in [0, 0.1) is 5.92 Å². The molecule has 2 rings (SSSR count). The molecular formula is C23H31NOS. The standard InChI is InChI=1S/C23H31NOS/c1-5-6-16-23(3,4)26-21-14-12-20(13-15-21)24-22(25)18(2)17-19-10-8-7-9-11-19/h7-15,18H,5-6,16-17H2,1-4H3,(H,24,25)/t18-/m1/s1. The third-order valence-electron chi connectivity index (χ3n) is 4.48. The van der Waals surface area contributed by atoms with Gasteiger partial charge < -0.3 is 5.32 Å². The lowest BCUT2D eigenvalue weighted by Crippen LogP contribution is -2.22. The van der Waals surface area contributed by atoms with E-state index in [9.17, 15) is 4.79 Å². The lowest BCUT2D eigenvalue weighted by molar-refractivity contribution is -0.119. The molecular weight excluding hydrogens is 338 g/mol. The Morgan fingerprint density at radius 2 is 1.73 bits per heavy atom. The molecule has 0 unspecified atom stereocenters. The van der Waals surface area contributed by atoms with Gasteiger partial charge in [-0.3, -0.25) is 4.79 Å². The molecule has 0 aromatic heterocycles. The Kier molecular flexibility index (Phi) is 7.77. The molecule has 0 radical (unpaired) electrons. The van der Waals surface area contributed by atoms with Crippen molar-refractivity contribution in [1.29, 1.82) is 0 Å². The molecule has 1 amide bonds. The summed E-state index contributed by atoms with van der Waals surface area (Å²) in [6, 6.07) is 18.4. The normalized spacial score (nSPS) is 12.6. The number of nitrogens with one attached hydrogen (secondary N) is 1. The van der Waals surface area contributed by atoms with Gasteiger partial charge in [0.15, 0.2) is 0 Å². The molecule has 0 bridgehead atoms. The van der Waals surface area contributed by atoms with Crippen LogP contribution < -0.4 is 5.32 Å². The van der Waals surface area contributed by atoms with Gasteiger partial charge in [-0.2, -0.15) is 0 Å². The molecule has 26 heavy (non-hydrogen) atoms. The van der Waals surface area contributed by atoms with E-state index < -0.39 is 0 Å². The Morgan fingerprint density at radius 1 is 1.08 bits per heavy atom. The van der Waals surface area contributed by atoms with Crippen LogP contribution in [0.3, 0.4) is 0 Å². The predicted molar refractivity (Wildman–Crippen MR) is 114 cm³/mol. The summed E-state index contributed by atoms with van der Waals surface area (Å²) in [5.41, 5.74) is 2.06. The van der Waals surface area contributed by atoms with Crippen LogP contribution in [0.5, 0.6) is 0 Å². The van der Waals surface area contributed by atoms with E-state index in [1.807, 2.05) is 49.0 Å². The zero-order chi connectivity index (χ0) is 19.0. The fourth-order valence-electron chi connectivity index (χ4n) is 2.90. The molecule has 1 atom stereocenters. The zero-order valence-corrected chi connectivity index (χ0v) is 17.2. The topological polar surface area (TPSA) is 29.1 Å². The number of rotatable bonds is 9. The maximum atomic E-state index is 12.4. The largest absolute Gasteiger partial charge is 0.326 e. The highest BCUT2D eigenvalue weighted by Crippen LogP contribution is 2.36. The monoisotopic (exact) mass is 369 g/mol. The predicted octanol–water partition coefficient (Wildman–Crippen LogP) is 6.56. The Labute approximate surface area is 162 Å². The summed E-state index contributed by atoms with van der Waals surface area (Å²) in [4.78, 5) is 13.7. The average Bonchev–Trinajstić information content (AvgIpc) is 2.62. The highest BCUT2D eigenvalue weighted by Gasteiger charge is 2.19. The van der Waals surface area contributed by atoms with Crippen molar-refractivity contribution in [3.8, 4) is 0 Å². The number of anilines is 1. The van der Waals surface area contributed by atoms with Crippen molar-refractivity contribution >= 4 is 23.4 Å².